The Morgan fingerprint density at radius 3 is 1.45 bits per heavy atom. The van der Waals surface area contributed by atoms with Crippen molar-refractivity contribution in [1.82, 2.24) is 0 Å². The average molecular weight is 270 g/mol. The van der Waals surface area contributed by atoms with Crippen LogP contribution in [0.5, 0.6) is 0 Å². The van der Waals surface area contributed by atoms with Crippen molar-refractivity contribution in [1.29, 1.82) is 0 Å². The van der Waals surface area contributed by atoms with Gasteiger partial charge in [0.25, 0.3) is 0 Å². The number of aryl methyl sites for hydroxylation is 2. The second-order valence-corrected chi connectivity index (χ2v) is 5.39. The topological polar surface area (TPSA) is 0 Å². The van der Waals surface area contributed by atoms with Crippen molar-refractivity contribution in [2.24, 2.45) is 0 Å². The van der Waals surface area contributed by atoms with E-state index in [1.54, 1.807) is 0 Å². The van der Waals surface area contributed by atoms with Crippen LogP contribution in [0, 0.1) is 0 Å². The van der Waals surface area contributed by atoms with Gasteiger partial charge in [0, 0.05) is 0 Å². The van der Waals surface area contributed by atoms with Crippen molar-refractivity contribution in [2.75, 3.05) is 0 Å². The molecule has 0 saturated carbocycles. The molecule has 0 heterocycles. The SMILES string of the molecule is [Li+].[Li+].c1cc[c-]2ccc(CCc3cc[c-]4ccccc34)c2c1. The maximum atomic E-state index is 2.27. The number of hydrogen-bond acceptors (Lipinski definition) is 0. The van der Waals surface area contributed by atoms with E-state index < -0.39 is 0 Å². The van der Waals surface area contributed by atoms with E-state index in [9.17, 15) is 0 Å². The van der Waals surface area contributed by atoms with Crippen molar-refractivity contribution < 1.29 is 37.7 Å². The van der Waals surface area contributed by atoms with E-state index in [2.05, 4.69) is 72.8 Å². The van der Waals surface area contributed by atoms with Gasteiger partial charge in [0.15, 0.2) is 0 Å². The molecule has 0 bridgehead atoms. The first-order valence-corrected chi connectivity index (χ1v) is 7.18. The van der Waals surface area contributed by atoms with Gasteiger partial charge >= 0.3 is 37.7 Å². The Balaban J connectivity index is 0.000000882. The van der Waals surface area contributed by atoms with Gasteiger partial charge in [-0.3, -0.25) is 0 Å². The van der Waals surface area contributed by atoms with E-state index in [0.29, 0.717) is 0 Å². The summed E-state index contributed by atoms with van der Waals surface area (Å²) < 4.78 is 0. The fourth-order valence-electron chi connectivity index (χ4n) is 3.14. The van der Waals surface area contributed by atoms with Gasteiger partial charge in [-0.2, -0.15) is 0 Å². The van der Waals surface area contributed by atoms with E-state index in [0.717, 1.165) is 12.8 Å². The molecule has 0 spiro atoms. The standard InChI is InChI=1S/C20H16.2Li/c1-3-7-19-15(5-1)9-11-17(19)13-14-18-12-10-16-6-2-4-8-20(16)18;;/h1-12H,13-14H2;;/q-2;2*+1. The van der Waals surface area contributed by atoms with Crippen LogP contribution in [-0.4, -0.2) is 0 Å². The zero-order chi connectivity index (χ0) is 13.4. The third-order valence-corrected chi connectivity index (χ3v) is 4.21. The fourth-order valence-corrected chi connectivity index (χ4v) is 3.14. The van der Waals surface area contributed by atoms with Gasteiger partial charge in [0.1, 0.15) is 0 Å². The Hall–Kier alpha value is -1.15. The van der Waals surface area contributed by atoms with Crippen LogP contribution in [0.1, 0.15) is 11.1 Å². The molecule has 4 aromatic carbocycles. The van der Waals surface area contributed by atoms with Crippen LogP contribution in [0.3, 0.4) is 0 Å². The minimum Gasteiger partial charge on any atom is -0.148 e. The predicted molar refractivity (Wildman–Crippen MR) is 86.5 cm³/mol. The van der Waals surface area contributed by atoms with Crippen LogP contribution in [0.15, 0.2) is 72.8 Å². The second kappa shape index (κ2) is 7.41. The van der Waals surface area contributed by atoms with Crippen LogP contribution in [0.2, 0.25) is 0 Å². The molecule has 0 unspecified atom stereocenters. The third-order valence-electron chi connectivity index (χ3n) is 4.21. The molecule has 0 N–H and O–H groups in total. The van der Waals surface area contributed by atoms with E-state index in [1.165, 1.54) is 32.7 Å². The molecule has 98 valence electrons. The predicted octanol–water partition coefficient (Wildman–Crippen LogP) is -0.776. The van der Waals surface area contributed by atoms with Crippen molar-refractivity contribution in [3.05, 3.63) is 83.9 Å². The summed E-state index contributed by atoms with van der Waals surface area (Å²) in [5.41, 5.74) is 2.93. The molecule has 0 nitrogen and oxygen atoms in total. The van der Waals surface area contributed by atoms with Gasteiger partial charge in [-0.1, -0.05) is 23.6 Å². The smallest absolute Gasteiger partial charge is 0.148 e. The molecule has 0 saturated heterocycles. The molecule has 0 fully saturated rings. The third kappa shape index (κ3) is 3.13. The summed E-state index contributed by atoms with van der Waals surface area (Å²) in [5.74, 6) is 0. The summed E-state index contributed by atoms with van der Waals surface area (Å²) in [4.78, 5) is 0. The molecule has 4 rings (SSSR count). The Morgan fingerprint density at radius 2 is 1.00 bits per heavy atom. The summed E-state index contributed by atoms with van der Waals surface area (Å²) in [7, 11) is 0. The van der Waals surface area contributed by atoms with Crippen LogP contribution >= 0.6 is 0 Å². The Labute approximate surface area is 155 Å². The first-order chi connectivity index (χ1) is 9.92. The zero-order valence-corrected chi connectivity index (χ0v) is 13.3. The first kappa shape index (κ1) is 17.2. The number of benzene rings is 2. The van der Waals surface area contributed by atoms with Crippen LogP contribution in [0.4, 0.5) is 0 Å². The van der Waals surface area contributed by atoms with Gasteiger partial charge in [0.05, 0.1) is 0 Å². The minimum absolute atomic E-state index is 0. The first-order valence-electron chi connectivity index (χ1n) is 7.18. The Morgan fingerprint density at radius 1 is 0.545 bits per heavy atom. The molecule has 4 aromatic rings. The zero-order valence-electron chi connectivity index (χ0n) is 13.3. The van der Waals surface area contributed by atoms with Crippen molar-refractivity contribution in [3.63, 3.8) is 0 Å². The molecular formula is C20H16Li2. The second-order valence-electron chi connectivity index (χ2n) is 5.39. The normalized spacial score (nSPS) is 10.4. The molecule has 0 radical (unpaired) electrons. The number of fused-ring (bicyclic) bond motifs is 2. The molecule has 22 heavy (non-hydrogen) atoms. The summed E-state index contributed by atoms with van der Waals surface area (Å²) in [6, 6.07) is 26.3. The van der Waals surface area contributed by atoms with E-state index in [1.807, 2.05) is 0 Å². The van der Waals surface area contributed by atoms with E-state index in [4.69, 9.17) is 0 Å². The Bertz CT molecular complexity index is 793. The van der Waals surface area contributed by atoms with Gasteiger partial charge < -0.3 is 0 Å². The van der Waals surface area contributed by atoms with E-state index in [-0.39, 0.29) is 37.7 Å². The fraction of sp³-hybridized carbons (Fsp3) is 0.100. The quantitative estimate of drug-likeness (QED) is 0.338. The summed E-state index contributed by atoms with van der Waals surface area (Å²) in [6.07, 6.45) is 2.23. The molecule has 2 heteroatoms. The summed E-state index contributed by atoms with van der Waals surface area (Å²) >= 11 is 0. The van der Waals surface area contributed by atoms with Crippen LogP contribution in [0.25, 0.3) is 21.5 Å². The number of rotatable bonds is 3. The van der Waals surface area contributed by atoms with Crippen molar-refractivity contribution >= 4 is 21.5 Å². The average Bonchev–Trinajstić information content (AvgIpc) is 3.09. The molecule has 0 aromatic heterocycles. The minimum atomic E-state index is 0. The molecule has 0 aliphatic carbocycles. The van der Waals surface area contributed by atoms with Crippen molar-refractivity contribution in [2.45, 2.75) is 12.8 Å². The maximum absolute atomic E-state index is 2.27. The van der Waals surface area contributed by atoms with Crippen molar-refractivity contribution in [3.8, 4) is 0 Å². The monoisotopic (exact) mass is 270 g/mol. The van der Waals surface area contributed by atoms with Gasteiger partial charge in [-0.15, -0.1) is 94.7 Å². The summed E-state index contributed by atoms with van der Waals surface area (Å²) in [6.45, 7) is 0. The van der Waals surface area contributed by atoms with Crippen LogP contribution < -0.4 is 37.7 Å². The van der Waals surface area contributed by atoms with Crippen LogP contribution in [-0.2, 0) is 12.8 Å². The van der Waals surface area contributed by atoms with E-state index >= 15 is 0 Å². The molecule has 0 aliphatic heterocycles. The van der Waals surface area contributed by atoms with Gasteiger partial charge in [-0.25, -0.2) is 0 Å². The number of hydrogen-bond donors (Lipinski definition) is 0. The van der Waals surface area contributed by atoms with Gasteiger partial charge in [0.2, 0.25) is 0 Å². The summed E-state index contributed by atoms with van der Waals surface area (Å²) in [5, 5.41) is 5.52. The molecule has 0 amide bonds. The van der Waals surface area contributed by atoms with Gasteiger partial charge in [-0.05, 0) is 0 Å². The Kier molecular flexibility index (Phi) is 5.80. The molecule has 0 atom stereocenters. The maximum Gasteiger partial charge on any atom is 1.00 e. The largest absolute Gasteiger partial charge is 1.00 e. The molecular weight excluding hydrogens is 254 g/mol. The molecule has 0 aliphatic rings.